The molecule has 0 spiro atoms. The van der Waals surface area contributed by atoms with Crippen LogP contribution < -0.4 is 0 Å². The van der Waals surface area contributed by atoms with E-state index in [-0.39, 0.29) is 11.7 Å². The van der Waals surface area contributed by atoms with E-state index in [1.165, 1.54) is 22.5 Å². The van der Waals surface area contributed by atoms with Gasteiger partial charge in [-0.15, -0.1) is 11.3 Å². The fourth-order valence-corrected chi connectivity index (χ4v) is 4.72. The van der Waals surface area contributed by atoms with Gasteiger partial charge in [-0.25, -0.2) is 4.98 Å². The van der Waals surface area contributed by atoms with E-state index in [0.29, 0.717) is 5.01 Å². The number of nitrogens with zero attached hydrogens (tertiary/aromatic N) is 2. The molecule has 1 saturated heterocycles. The molecule has 2 aromatic carbocycles. The van der Waals surface area contributed by atoms with E-state index in [0.717, 1.165) is 55.6 Å². The molecule has 0 saturated carbocycles. The normalized spacial score (nSPS) is 15.9. The van der Waals surface area contributed by atoms with Gasteiger partial charge in [0, 0.05) is 19.0 Å². The number of hydrogen-bond acceptors (Lipinski definition) is 5. The summed E-state index contributed by atoms with van der Waals surface area (Å²) in [5.41, 5.74) is 3.59. The second-order valence-electron chi connectivity index (χ2n) is 7.48. The van der Waals surface area contributed by atoms with Gasteiger partial charge in [-0.3, -0.25) is 9.63 Å². The zero-order valence-corrected chi connectivity index (χ0v) is 17.1. The summed E-state index contributed by atoms with van der Waals surface area (Å²) in [4.78, 5) is 23.3. The third-order valence-electron chi connectivity index (χ3n) is 5.30. The SMILES string of the molecule is Cc1cccc(CCCON2CCC(C(=O)c3nc4ccccc4s3)CC2)c1. The van der Waals surface area contributed by atoms with E-state index in [1.807, 2.05) is 29.3 Å². The highest BCUT2D eigenvalue weighted by atomic mass is 32.1. The number of aromatic nitrogens is 1. The molecule has 1 aliphatic heterocycles. The number of hydrogen-bond donors (Lipinski definition) is 0. The molecule has 0 bridgehead atoms. The summed E-state index contributed by atoms with van der Waals surface area (Å²) in [5.74, 6) is 0.257. The van der Waals surface area contributed by atoms with Crippen molar-refractivity contribution in [2.75, 3.05) is 19.7 Å². The van der Waals surface area contributed by atoms with Gasteiger partial charge in [0.05, 0.1) is 16.8 Å². The van der Waals surface area contributed by atoms with Crippen LogP contribution in [0.3, 0.4) is 0 Å². The minimum Gasteiger partial charge on any atom is -0.299 e. The van der Waals surface area contributed by atoms with E-state index < -0.39 is 0 Å². The molecule has 146 valence electrons. The quantitative estimate of drug-likeness (QED) is 0.415. The largest absolute Gasteiger partial charge is 0.299 e. The average molecular weight is 395 g/mol. The van der Waals surface area contributed by atoms with Crippen LogP contribution in [0.5, 0.6) is 0 Å². The zero-order valence-electron chi connectivity index (χ0n) is 16.3. The van der Waals surface area contributed by atoms with Crippen molar-refractivity contribution < 1.29 is 9.63 Å². The molecule has 0 amide bonds. The average Bonchev–Trinajstić information content (AvgIpc) is 3.15. The number of Topliss-reactive ketones (excluding diaryl/α,β-unsaturated/α-hetero) is 1. The Morgan fingerprint density at radius 2 is 2.00 bits per heavy atom. The first-order valence-electron chi connectivity index (χ1n) is 10.0. The van der Waals surface area contributed by atoms with Crippen molar-refractivity contribution in [3.8, 4) is 0 Å². The number of aryl methyl sites for hydroxylation is 2. The summed E-state index contributed by atoms with van der Waals surface area (Å²) in [5, 5.41) is 2.68. The Bertz CT molecular complexity index is 911. The van der Waals surface area contributed by atoms with Crippen molar-refractivity contribution in [2.45, 2.75) is 32.6 Å². The van der Waals surface area contributed by atoms with Crippen molar-refractivity contribution in [3.63, 3.8) is 0 Å². The minimum absolute atomic E-state index is 0.0627. The number of carbonyl (C=O) groups is 1. The molecule has 1 aliphatic rings. The highest BCUT2D eigenvalue weighted by molar-refractivity contribution is 7.20. The van der Waals surface area contributed by atoms with Gasteiger partial charge >= 0.3 is 0 Å². The molecular weight excluding hydrogens is 368 g/mol. The smallest absolute Gasteiger partial charge is 0.194 e. The summed E-state index contributed by atoms with van der Waals surface area (Å²) in [6.45, 7) is 4.47. The van der Waals surface area contributed by atoms with Crippen molar-refractivity contribution >= 4 is 27.3 Å². The number of benzene rings is 2. The van der Waals surface area contributed by atoms with Crippen LogP contribution in [-0.2, 0) is 11.3 Å². The summed E-state index contributed by atoms with van der Waals surface area (Å²) in [6, 6.07) is 16.6. The monoisotopic (exact) mass is 394 g/mol. The Hall–Kier alpha value is -2.08. The number of ketones is 1. The summed E-state index contributed by atoms with van der Waals surface area (Å²) >= 11 is 1.51. The predicted octanol–water partition coefficient (Wildman–Crippen LogP) is 5.06. The van der Waals surface area contributed by atoms with Gasteiger partial charge in [-0.05, 0) is 50.3 Å². The molecule has 4 rings (SSSR count). The molecular formula is C23H26N2O2S. The third kappa shape index (κ3) is 4.66. The zero-order chi connectivity index (χ0) is 19.3. The Morgan fingerprint density at radius 3 is 2.79 bits per heavy atom. The van der Waals surface area contributed by atoms with Gasteiger partial charge in [-0.1, -0.05) is 42.0 Å². The van der Waals surface area contributed by atoms with Crippen LogP contribution in [0, 0.1) is 12.8 Å². The number of rotatable bonds is 7. The van der Waals surface area contributed by atoms with Crippen LogP contribution in [0.2, 0.25) is 0 Å². The topological polar surface area (TPSA) is 42.4 Å². The minimum atomic E-state index is 0.0627. The molecule has 1 aromatic heterocycles. The van der Waals surface area contributed by atoms with Crippen LogP contribution in [0.15, 0.2) is 48.5 Å². The van der Waals surface area contributed by atoms with E-state index in [1.54, 1.807) is 0 Å². The first-order chi connectivity index (χ1) is 13.7. The summed E-state index contributed by atoms with van der Waals surface area (Å²) in [6.07, 6.45) is 3.72. The van der Waals surface area contributed by atoms with E-state index in [2.05, 4.69) is 36.2 Å². The van der Waals surface area contributed by atoms with E-state index >= 15 is 0 Å². The second-order valence-corrected chi connectivity index (χ2v) is 8.51. The first-order valence-corrected chi connectivity index (χ1v) is 10.8. The first kappa shape index (κ1) is 19.2. The Kier molecular flexibility index (Phi) is 6.15. The number of thiazole rings is 1. The number of fused-ring (bicyclic) bond motifs is 1. The van der Waals surface area contributed by atoms with Crippen molar-refractivity contribution in [3.05, 3.63) is 64.7 Å². The molecule has 0 aliphatic carbocycles. The maximum absolute atomic E-state index is 12.8. The van der Waals surface area contributed by atoms with E-state index in [9.17, 15) is 4.79 Å². The second kappa shape index (κ2) is 8.95. The Balaban J connectivity index is 1.21. The molecule has 2 heterocycles. The van der Waals surface area contributed by atoms with Gasteiger partial charge in [0.2, 0.25) is 0 Å². The predicted molar refractivity (Wildman–Crippen MR) is 114 cm³/mol. The number of piperidine rings is 1. The van der Waals surface area contributed by atoms with Crippen LogP contribution in [0.25, 0.3) is 10.2 Å². The standard InChI is InChI=1S/C23H26N2O2S/c1-17-6-4-7-18(16-17)8-5-15-27-25-13-11-19(12-14-25)22(26)23-24-20-9-2-3-10-21(20)28-23/h2-4,6-7,9-10,16,19H,5,8,11-15H2,1H3. The highest BCUT2D eigenvalue weighted by Gasteiger charge is 2.28. The fraction of sp³-hybridized carbons (Fsp3) is 0.391. The lowest BCUT2D eigenvalue weighted by molar-refractivity contribution is -0.172. The van der Waals surface area contributed by atoms with Gasteiger partial charge < -0.3 is 0 Å². The van der Waals surface area contributed by atoms with Crippen LogP contribution >= 0.6 is 11.3 Å². The summed E-state index contributed by atoms with van der Waals surface area (Å²) < 4.78 is 1.08. The maximum Gasteiger partial charge on any atom is 0.194 e. The molecule has 28 heavy (non-hydrogen) atoms. The molecule has 0 N–H and O–H groups in total. The van der Waals surface area contributed by atoms with E-state index in [4.69, 9.17) is 4.84 Å². The Labute approximate surface area is 170 Å². The number of para-hydroxylation sites is 1. The molecule has 0 atom stereocenters. The number of hydroxylamine groups is 2. The van der Waals surface area contributed by atoms with Gasteiger partial charge in [-0.2, -0.15) is 5.06 Å². The molecule has 3 aromatic rings. The van der Waals surface area contributed by atoms with Crippen molar-refractivity contribution in [1.29, 1.82) is 0 Å². The highest BCUT2D eigenvalue weighted by Crippen LogP contribution is 2.27. The molecule has 0 unspecified atom stereocenters. The molecule has 0 radical (unpaired) electrons. The van der Waals surface area contributed by atoms with Crippen LogP contribution in [0.4, 0.5) is 0 Å². The Morgan fingerprint density at radius 1 is 1.18 bits per heavy atom. The van der Waals surface area contributed by atoms with Crippen molar-refractivity contribution in [1.82, 2.24) is 10.0 Å². The van der Waals surface area contributed by atoms with Gasteiger partial charge in [0.1, 0.15) is 0 Å². The van der Waals surface area contributed by atoms with Crippen molar-refractivity contribution in [2.24, 2.45) is 5.92 Å². The lowest BCUT2D eigenvalue weighted by Gasteiger charge is -2.30. The van der Waals surface area contributed by atoms with Gasteiger partial charge in [0.25, 0.3) is 0 Å². The maximum atomic E-state index is 12.8. The van der Waals surface area contributed by atoms with Crippen LogP contribution in [-0.4, -0.2) is 35.5 Å². The summed E-state index contributed by atoms with van der Waals surface area (Å²) in [7, 11) is 0. The lowest BCUT2D eigenvalue weighted by Crippen LogP contribution is -2.36. The van der Waals surface area contributed by atoms with Gasteiger partial charge in [0.15, 0.2) is 10.8 Å². The molecule has 1 fully saturated rings. The molecule has 4 nitrogen and oxygen atoms in total. The third-order valence-corrected chi connectivity index (χ3v) is 6.35. The fourth-order valence-electron chi connectivity index (χ4n) is 3.74. The lowest BCUT2D eigenvalue weighted by atomic mass is 9.93. The number of carbonyl (C=O) groups excluding carboxylic acids is 1. The molecule has 5 heteroatoms. The van der Waals surface area contributed by atoms with Crippen LogP contribution in [0.1, 0.15) is 40.2 Å².